The van der Waals surface area contributed by atoms with Crippen LogP contribution in [0.2, 0.25) is 0 Å². The van der Waals surface area contributed by atoms with Crippen LogP contribution in [0.1, 0.15) is 33.9 Å². The van der Waals surface area contributed by atoms with Crippen molar-refractivity contribution in [3.8, 4) is 0 Å². The minimum Gasteiger partial charge on any atom is -0.355 e. The van der Waals surface area contributed by atoms with Gasteiger partial charge in [0.2, 0.25) is 0 Å². The molecule has 0 atom stereocenters. The highest BCUT2D eigenvalue weighted by Gasteiger charge is 2.21. The number of fused-ring (bicyclic) bond motifs is 8. The quantitative estimate of drug-likeness (QED) is 0.195. The lowest BCUT2D eigenvalue weighted by atomic mass is 10.0. The normalized spacial score (nSPS) is 12.5. The molecular formula is C32H22N6O4. The molecule has 2 aromatic carbocycles. The maximum absolute atomic E-state index is 12.0. The highest BCUT2D eigenvalue weighted by atomic mass is 16.6. The Labute approximate surface area is 237 Å². The van der Waals surface area contributed by atoms with Crippen LogP contribution in [0.3, 0.4) is 0 Å². The van der Waals surface area contributed by atoms with E-state index in [1.165, 1.54) is 12.1 Å². The number of nitro benzene ring substituents is 2. The molecule has 0 amide bonds. The summed E-state index contributed by atoms with van der Waals surface area (Å²) in [5, 5.41) is 26.9. The van der Waals surface area contributed by atoms with Crippen LogP contribution in [0.25, 0.3) is 23.3 Å². The summed E-state index contributed by atoms with van der Waals surface area (Å²) >= 11 is 0. The Morgan fingerprint density at radius 2 is 0.905 bits per heavy atom. The van der Waals surface area contributed by atoms with Gasteiger partial charge in [-0.15, -0.1) is 0 Å². The smallest absolute Gasteiger partial charge is 0.277 e. The summed E-state index contributed by atoms with van der Waals surface area (Å²) in [6, 6.07) is 28.6. The molecule has 1 aliphatic rings. The number of H-pyrrole nitrogens is 4. The molecule has 204 valence electrons. The number of aromatic amines is 4. The first-order chi connectivity index (χ1) is 20.4. The van der Waals surface area contributed by atoms with Gasteiger partial charge in [-0.3, -0.25) is 20.2 Å². The van der Waals surface area contributed by atoms with E-state index in [4.69, 9.17) is 0 Å². The standard InChI is InChI=1S/C32H22N6O4/c39-37(40)29-7-3-1-5-23(29)31-25-13-9-19(33-25)17-21-11-15-27(35-21)32(24-6-2-4-8-30(24)38(41)42)28-16-12-22(36-28)18-20-10-14-26(31)34-20/h1-18,33-36H. The number of nitro groups is 2. The maximum atomic E-state index is 12.0. The van der Waals surface area contributed by atoms with E-state index < -0.39 is 0 Å². The van der Waals surface area contributed by atoms with Gasteiger partial charge >= 0.3 is 0 Å². The van der Waals surface area contributed by atoms with E-state index >= 15 is 0 Å². The third-order valence-electron chi connectivity index (χ3n) is 7.27. The molecule has 0 spiro atoms. The average molecular weight is 555 g/mol. The Hall–Kier alpha value is -6.16. The number of rotatable bonds is 4. The minimum absolute atomic E-state index is 0.00301. The Morgan fingerprint density at radius 3 is 1.33 bits per heavy atom. The summed E-state index contributed by atoms with van der Waals surface area (Å²) in [5.41, 5.74) is 5.27. The summed E-state index contributed by atoms with van der Waals surface area (Å²) < 4.78 is 0. The van der Waals surface area contributed by atoms with Gasteiger partial charge in [0.25, 0.3) is 11.4 Å². The SMILES string of the molecule is O=[N+]([O-])c1ccccc1C1=c2ccc([nH]2)=Cc2ccc([nH]2)C(c2ccccc2[N+](=O)[O-])=c2ccc([nH]2)=Cc2ccc1[nH]2. The monoisotopic (exact) mass is 554 g/mol. The van der Waals surface area contributed by atoms with E-state index in [0.717, 1.165) is 22.1 Å². The second kappa shape index (κ2) is 9.79. The lowest BCUT2D eigenvalue weighted by Crippen LogP contribution is -2.16. The summed E-state index contributed by atoms with van der Waals surface area (Å²) in [5.74, 6) is 0. The van der Waals surface area contributed by atoms with Gasteiger partial charge in [-0.25, -0.2) is 0 Å². The van der Waals surface area contributed by atoms with Crippen molar-refractivity contribution < 1.29 is 9.85 Å². The number of nitrogens with zero attached hydrogens (tertiary/aromatic N) is 2. The lowest BCUT2D eigenvalue weighted by molar-refractivity contribution is -0.385. The summed E-state index contributed by atoms with van der Waals surface area (Å²) in [4.78, 5) is 36.8. The first-order valence-corrected chi connectivity index (χ1v) is 13.1. The molecule has 1 aliphatic heterocycles. The summed E-state index contributed by atoms with van der Waals surface area (Å²) in [6.07, 6.45) is 3.84. The van der Waals surface area contributed by atoms with E-state index in [-0.39, 0.29) is 21.2 Å². The summed E-state index contributed by atoms with van der Waals surface area (Å²) in [6.45, 7) is 0. The topological polar surface area (TPSA) is 149 Å². The van der Waals surface area contributed by atoms with Gasteiger partial charge in [-0.1, -0.05) is 24.3 Å². The molecular weight excluding hydrogens is 532 g/mol. The lowest BCUT2D eigenvalue weighted by Gasteiger charge is -2.07. The molecule has 4 aromatic heterocycles. The minimum atomic E-state index is -0.376. The number of hydrogen-bond acceptors (Lipinski definition) is 4. The van der Waals surface area contributed by atoms with Gasteiger partial charge in [0.1, 0.15) is 0 Å². The molecule has 0 unspecified atom stereocenters. The van der Waals surface area contributed by atoms with Gasteiger partial charge < -0.3 is 19.9 Å². The second-order valence-corrected chi connectivity index (χ2v) is 9.90. The van der Waals surface area contributed by atoms with Crippen LogP contribution < -0.4 is 21.4 Å². The molecule has 10 nitrogen and oxygen atoms in total. The van der Waals surface area contributed by atoms with Crippen molar-refractivity contribution in [3.63, 3.8) is 0 Å². The molecule has 5 heterocycles. The Bertz CT molecular complexity index is 2120. The van der Waals surface area contributed by atoms with Gasteiger partial charge in [0.05, 0.1) is 21.0 Å². The van der Waals surface area contributed by atoms with Gasteiger partial charge in [-0.05, 0) is 72.8 Å². The molecule has 42 heavy (non-hydrogen) atoms. The molecule has 10 heteroatoms. The van der Waals surface area contributed by atoms with Crippen LogP contribution in [0.15, 0.2) is 97.1 Å². The first kappa shape index (κ1) is 24.9. The average Bonchev–Trinajstić information content (AvgIpc) is 3.80. The fourth-order valence-electron chi connectivity index (χ4n) is 5.46. The Kier molecular flexibility index (Phi) is 5.79. The highest BCUT2D eigenvalue weighted by molar-refractivity contribution is 5.83. The van der Waals surface area contributed by atoms with E-state index in [1.807, 2.05) is 60.7 Å². The molecule has 0 radical (unpaired) electrons. The second-order valence-electron chi connectivity index (χ2n) is 9.90. The first-order valence-electron chi connectivity index (χ1n) is 13.1. The number of hydrogen-bond donors (Lipinski definition) is 4. The third kappa shape index (κ3) is 4.33. The van der Waals surface area contributed by atoms with Crippen molar-refractivity contribution in [3.05, 3.63) is 173 Å². The van der Waals surface area contributed by atoms with Crippen molar-refractivity contribution in [2.24, 2.45) is 0 Å². The van der Waals surface area contributed by atoms with Crippen molar-refractivity contribution in [1.82, 2.24) is 19.9 Å². The van der Waals surface area contributed by atoms with Gasteiger partial charge in [0.15, 0.2) is 0 Å². The number of benzene rings is 2. The fraction of sp³-hybridized carbons (Fsp3) is 0. The van der Waals surface area contributed by atoms with Crippen LogP contribution in [-0.2, 0) is 0 Å². The molecule has 8 bridgehead atoms. The number of nitrogens with one attached hydrogen (secondary N) is 4. The van der Waals surface area contributed by atoms with E-state index in [0.29, 0.717) is 44.4 Å². The van der Waals surface area contributed by atoms with Crippen LogP contribution in [0.4, 0.5) is 11.4 Å². The Balaban J connectivity index is 1.54. The van der Waals surface area contributed by atoms with Crippen molar-refractivity contribution in [2.75, 3.05) is 0 Å². The molecule has 0 fully saturated rings. The van der Waals surface area contributed by atoms with Crippen molar-refractivity contribution >= 4 is 34.7 Å². The van der Waals surface area contributed by atoms with Crippen molar-refractivity contribution in [1.29, 1.82) is 0 Å². The predicted molar refractivity (Wildman–Crippen MR) is 158 cm³/mol. The van der Waals surface area contributed by atoms with Crippen LogP contribution in [-0.4, -0.2) is 29.8 Å². The van der Waals surface area contributed by atoms with Crippen LogP contribution >= 0.6 is 0 Å². The predicted octanol–water partition coefficient (Wildman–Crippen LogP) is 3.28. The highest BCUT2D eigenvalue weighted by Crippen LogP contribution is 2.30. The van der Waals surface area contributed by atoms with Crippen LogP contribution in [0.5, 0.6) is 0 Å². The fourth-order valence-corrected chi connectivity index (χ4v) is 5.46. The Morgan fingerprint density at radius 1 is 0.476 bits per heavy atom. The van der Waals surface area contributed by atoms with Gasteiger partial charge in [-0.2, -0.15) is 0 Å². The largest absolute Gasteiger partial charge is 0.355 e. The molecule has 7 rings (SSSR count). The zero-order valence-electron chi connectivity index (χ0n) is 21.9. The zero-order chi connectivity index (χ0) is 28.8. The number of aromatic nitrogens is 4. The zero-order valence-corrected chi connectivity index (χ0v) is 21.9. The van der Waals surface area contributed by atoms with E-state index in [1.54, 1.807) is 36.4 Å². The van der Waals surface area contributed by atoms with E-state index in [9.17, 15) is 20.2 Å². The van der Waals surface area contributed by atoms with Gasteiger partial charge in [0, 0.05) is 67.5 Å². The van der Waals surface area contributed by atoms with Crippen molar-refractivity contribution in [2.45, 2.75) is 0 Å². The number of para-hydroxylation sites is 2. The molecule has 0 saturated heterocycles. The van der Waals surface area contributed by atoms with E-state index in [2.05, 4.69) is 19.9 Å². The third-order valence-corrected chi connectivity index (χ3v) is 7.27. The van der Waals surface area contributed by atoms with Crippen LogP contribution in [0, 0.1) is 20.2 Å². The molecule has 0 aliphatic carbocycles. The summed E-state index contributed by atoms with van der Waals surface area (Å²) in [7, 11) is 0. The maximum Gasteiger partial charge on any atom is 0.277 e. The molecule has 0 saturated carbocycles. The molecule has 6 aromatic rings. The molecule has 4 N–H and O–H groups in total.